The number of Topliss-reactive ketones (excluding diaryl/α,β-unsaturated/α-hetero) is 1. The summed E-state index contributed by atoms with van der Waals surface area (Å²) in [6.07, 6.45) is 1.76. The van der Waals surface area contributed by atoms with E-state index in [-0.39, 0.29) is 67.8 Å². The summed E-state index contributed by atoms with van der Waals surface area (Å²) in [5.74, 6) is -2.41. The third kappa shape index (κ3) is 2.56. The van der Waals surface area contributed by atoms with Gasteiger partial charge in [0, 0.05) is 30.9 Å². The topological polar surface area (TPSA) is 108 Å². The highest BCUT2D eigenvalue weighted by Gasteiger charge is 2.85. The molecule has 0 unspecified atom stereocenters. The number of amides is 1. The first-order valence-electron chi connectivity index (χ1n) is 11.5. The maximum absolute atomic E-state index is 13.9. The number of nitrogens with zero attached hydrogens (tertiary/aromatic N) is 1. The number of alkyl halides is 1. The first-order chi connectivity index (χ1) is 16.2. The van der Waals surface area contributed by atoms with Crippen molar-refractivity contribution in [3.63, 3.8) is 0 Å². The predicted molar refractivity (Wildman–Crippen MR) is 119 cm³/mol. The van der Waals surface area contributed by atoms with Crippen LogP contribution in [0.1, 0.15) is 39.5 Å². The van der Waals surface area contributed by atoms with Crippen LogP contribution in [-0.4, -0.2) is 73.7 Å². The highest BCUT2D eigenvalue weighted by atomic mass is 35.5. The molecule has 1 amide bonds. The smallest absolute Gasteiger partial charge is 0.317 e. The van der Waals surface area contributed by atoms with Gasteiger partial charge >= 0.3 is 5.97 Å². The second-order valence-electron chi connectivity index (χ2n) is 9.10. The van der Waals surface area contributed by atoms with Crippen LogP contribution in [0.2, 0.25) is 0 Å². The average molecular weight is 496 g/mol. The van der Waals surface area contributed by atoms with Crippen LogP contribution in [-0.2, 0) is 38.1 Å². The molecule has 4 aliphatic rings. The van der Waals surface area contributed by atoms with E-state index in [1.54, 1.807) is 18.7 Å². The molecule has 0 radical (unpaired) electrons. The maximum Gasteiger partial charge on any atom is 0.317 e. The number of hydrogen-bond donors (Lipinski definition) is 0. The van der Waals surface area contributed by atoms with E-state index in [1.165, 1.54) is 27.4 Å². The highest BCUT2D eigenvalue weighted by molar-refractivity contribution is 6.26. The van der Waals surface area contributed by atoms with E-state index >= 15 is 0 Å². The van der Waals surface area contributed by atoms with E-state index < -0.39 is 39.4 Å². The fraction of sp³-hybridized carbons (Fsp3) is 0.667. The van der Waals surface area contributed by atoms with Crippen molar-refractivity contribution in [1.29, 1.82) is 0 Å². The Kier molecular flexibility index (Phi) is 5.99. The Morgan fingerprint density at radius 1 is 1.15 bits per heavy atom. The molecule has 4 rings (SSSR count). The first-order valence-corrected chi connectivity index (χ1v) is 11.9. The van der Waals surface area contributed by atoms with Crippen LogP contribution < -0.4 is 0 Å². The number of carbonyl (C=O) groups excluding carboxylic acids is 4. The Labute approximate surface area is 203 Å². The van der Waals surface area contributed by atoms with E-state index in [1.807, 2.05) is 0 Å². The number of carbonyl (C=O) groups is 4. The zero-order valence-electron chi connectivity index (χ0n) is 20.1. The van der Waals surface area contributed by atoms with E-state index in [2.05, 4.69) is 0 Å². The summed E-state index contributed by atoms with van der Waals surface area (Å²) in [4.78, 5) is 55.6. The van der Waals surface area contributed by atoms with Crippen molar-refractivity contribution in [2.45, 2.75) is 50.4 Å². The molecule has 0 aromatic rings. The van der Waals surface area contributed by atoms with Crippen molar-refractivity contribution in [3.8, 4) is 0 Å². The third-order valence-corrected chi connectivity index (χ3v) is 8.76. The van der Waals surface area contributed by atoms with Gasteiger partial charge in [-0.05, 0) is 19.8 Å². The molecule has 0 aromatic heterocycles. The van der Waals surface area contributed by atoms with Crippen LogP contribution >= 0.6 is 11.6 Å². The quantitative estimate of drug-likeness (QED) is 0.407. The lowest BCUT2D eigenvalue weighted by Gasteiger charge is -2.53. The Hall–Kier alpha value is -2.55. The molecule has 0 aromatic carbocycles. The van der Waals surface area contributed by atoms with Gasteiger partial charge in [-0.1, -0.05) is 6.92 Å². The van der Waals surface area contributed by atoms with Crippen molar-refractivity contribution in [2.24, 2.45) is 16.7 Å². The minimum absolute atomic E-state index is 0.00731. The van der Waals surface area contributed by atoms with Crippen LogP contribution in [0.3, 0.4) is 0 Å². The number of hydrogen-bond acceptors (Lipinski definition) is 8. The van der Waals surface area contributed by atoms with Crippen LogP contribution in [0, 0.1) is 16.7 Å². The summed E-state index contributed by atoms with van der Waals surface area (Å²) in [6.45, 7) is 3.79. The fourth-order valence-electron chi connectivity index (χ4n) is 7.26. The standard InChI is InChI=1S/C24H30ClNO8/c1-6-17(29)26-9-8-22-11-13(27)19(32-4)20(33-5)23(22,26)12-15(25)24(22)16(28)10-14(31-3)18(24)21(30)34-7-2/h10,15,18H,6-9,11-12H2,1-5H3/t15-,18-,22+,23+,24+/m0/s1. The number of methoxy groups -OCH3 is 3. The van der Waals surface area contributed by atoms with Crippen molar-refractivity contribution >= 4 is 35.0 Å². The number of allylic oxidation sites excluding steroid dienone is 2. The molecule has 186 valence electrons. The number of halogens is 1. The van der Waals surface area contributed by atoms with Crippen LogP contribution in [0.5, 0.6) is 0 Å². The molecule has 1 heterocycles. The zero-order chi connectivity index (χ0) is 25.1. The van der Waals surface area contributed by atoms with Gasteiger partial charge in [-0.25, -0.2) is 0 Å². The SMILES string of the molecule is CCOC(=O)[C@@H]1C(OC)=CC(=O)[C@]12[C@@H](Cl)C[C@@]13C(OC)=C(OC)C(=O)C[C@@]21CCN3C(=O)CC. The van der Waals surface area contributed by atoms with Gasteiger partial charge in [0.25, 0.3) is 0 Å². The average Bonchev–Trinajstić information content (AvgIpc) is 3.37. The number of ether oxygens (including phenoxy) is 4. The number of likely N-dealkylation sites (tertiary alicyclic amines) is 1. The third-order valence-electron chi connectivity index (χ3n) is 8.26. The lowest BCUT2D eigenvalue weighted by molar-refractivity contribution is -0.165. The van der Waals surface area contributed by atoms with Gasteiger partial charge in [-0.2, -0.15) is 0 Å². The molecule has 1 saturated heterocycles. The van der Waals surface area contributed by atoms with E-state index in [4.69, 9.17) is 30.5 Å². The van der Waals surface area contributed by atoms with Gasteiger partial charge < -0.3 is 23.8 Å². The summed E-state index contributed by atoms with van der Waals surface area (Å²) in [5.41, 5.74) is -4.02. The number of esters is 1. The molecular weight excluding hydrogens is 466 g/mol. The minimum Gasteiger partial charge on any atom is -0.500 e. The fourth-order valence-corrected chi connectivity index (χ4v) is 7.93. The molecule has 1 spiro atoms. The molecule has 34 heavy (non-hydrogen) atoms. The second kappa shape index (κ2) is 8.29. The summed E-state index contributed by atoms with van der Waals surface area (Å²) in [7, 11) is 4.16. The number of rotatable bonds is 6. The van der Waals surface area contributed by atoms with Crippen LogP contribution in [0.4, 0.5) is 0 Å². The van der Waals surface area contributed by atoms with Gasteiger partial charge in [0.1, 0.15) is 17.2 Å². The molecule has 10 heteroatoms. The Morgan fingerprint density at radius 2 is 1.85 bits per heavy atom. The van der Waals surface area contributed by atoms with Gasteiger partial charge in [0.15, 0.2) is 11.5 Å². The second-order valence-corrected chi connectivity index (χ2v) is 9.63. The normalized spacial score (nSPS) is 36.4. The minimum atomic E-state index is -1.56. The summed E-state index contributed by atoms with van der Waals surface area (Å²) in [6, 6.07) is 0. The van der Waals surface area contributed by atoms with Crippen LogP contribution in [0.15, 0.2) is 23.4 Å². The highest BCUT2D eigenvalue weighted by Crippen LogP contribution is 2.76. The van der Waals surface area contributed by atoms with Crippen molar-refractivity contribution < 1.29 is 38.1 Å². The van der Waals surface area contributed by atoms with Gasteiger partial charge in [-0.3, -0.25) is 19.2 Å². The predicted octanol–water partition coefficient (Wildman–Crippen LogP) is 2.12. The van der Waals surface area contributed by atoms with Gasteiger partial charge in [0.05, 0.1) is 38.7 Å². The van der Waals surface area contributed by atoms with E-state index in [0.29, 0.717) is 0 Å². The summed E-state index contributed by atoms with van der Waals surface area (Å²) in [5, 5.41) is -0.917. The molecular formula is C24H30ClNO8. The molecule has 0 bridgehead atoms. The molecule has 1 saturated carbocycles. The molecule has 3 aliphatic carbocycles. The molecule has 1 aliphatic heterocycles. The monoisotopic (exact) mass is 495 g/mol. The molecule has 0 N–H and O–H groups in total. The lowest BCUT2D eigenvalue weighted by Crippen LogP contribution is -2.64. The summed E-state index contributed by atoms with van der Waals surface area (Å²) < 4.78 is 22.1. The van der Waals surface area contributed by atoms with E-state index in [0.717, 1.165) is 0 Å². The van der Waals surface area contributed by atoms with Gasteiger partial charge in [0.2, 0.25) is 17.4 Å². The van der Waals surface area contributed by atoms with Crippen molar-refractivity contribution in [2.75, 3.05) is 34.5 Å². The van der Waals surface area contributed by atoms with Crippen LogP contribution in [0.25, 0.3) is 0 Å². The molecule has 9 nitrogen and oxygen atoms in total. The van der Waals surface area contributed by atoms with Gasteiger partial charge in [-0.15, -0.1) is 11.6 Å². The zero-order valence-corrected chi connectivity index (χ0v) is 20.8. The largest absolute Gasteiger partial charge is 0.500 e. The molecule has 5 atom stereocenters. The Balaban J connectivity index is 2.08. The first kappa shape index (κ1) is 24.6. The summed E-state index contributed by atoms with van der Waals surface area (Å²) >= 11 is 7.09. The Bertz CT molecular complexity index is 1020. The number of ketones is 2. The van der Waals surface area contributed by atoms with E-state index in [9.17, 15) is 19.2 Å². The Morgan fingerprint density at radius 3 is 2.41 bits per heavy atom. The lowest BCUT2D eigenvalue weighted by atomic mass is 9.50. The van der Waals surface area contributed by atoms with Crippen molar-refractivity contribution in [3.05, 3.63) is 23.4 Å². The maximum atomic E-state index is 13.9. The van der Waals surface area contributed by atoms with Crippen molar-refractivity contribution in [1.82, 2.24) is 4.90 Å². The molecule has 2 fully saturated rings.